The van der Waals surface area contributed by atoms with E-state index in [9.17, 15) is 4.79 Å². The van der Waals surface area contributed by atoms with Gasteiger partial charge in [0.2, 0.25) is 5.76 Å². The first-order valence-electron chi connectivity index (χ1n) is 5.42. The molecule has 2 unspecified atom stereocenters. The van der Waals surface area contributed by atoms with Crippen molar-refractivity contribution in [3.8, 4) is 0 Å². The van der Waals surface area contributed by atoms with Gasteiger partial charge in [-0.25, -0.2) is 4.98 Å². The summed E-state index contributed by atoms with van der Waals surface area (Å²) in [4.78, 5) is 18.1. The molecule has 1 fully saturated rings. The Balaban J connectivity index is 2.20. The van der Waals surface area contributed by atoms with Crippen molar-refractivity contribution in [1.29, 1.82) is 0 Å². The molecule has 4 nitrogen and oxygen atoms in total. The smallest absolute Gasteiger partial charge is 0.291 e. The molecular weight excluding hydrogens is 272 g/mol. The van der Waals surface area contributed by atoms with Crippen molar-refractivity contribution in [2.75, 3.05) is 11.9 Å². The van der Waals surface area contributed by atoms with Crippen LogP contribution >= 0.6 is 15.9 Å². The third kappa shape index (κ3) is 1.88. The minimum atomic E-state index is -0.0381. The molecular formula is C11H15BrN2O2. The number of nitrogens with zero attached hydrogens (tertiary/aromatic N) is 2. The van der Waals surface area contributed by atoms with Crippen LogP contribution in [0.4, 0.5) is 0 Å². The zero-order valence-electron chi connectivity index (χ0n) is 9.44. The van der Waals surface area contributed by atoms with Gasteiger partial charge < -0.3 is 9.32 Å². The highest BCUT2D eigenvalue weighted by atomic mass is 79.9. The van der Waals surface area contributed by atoms with Crippen molar-refractivity contribution in [2.24, 2.45) is 5.92 Å². The maximum atomic E-state index is 12.2. The minimum absolute atomic E-state index is 0.0381. The molecule has 0 aliphatic carbocycles. The fourth-order valence-electron chi connectivity index (χ4n) is 2.13. The summed E-state index contributed by atoms with van der Waals surface area (Å²) < 4.78 is 5.15. The maximum absolute atomic E-state index is 12.2. The molecule has 0 N–H and O–H groups in total. The normalized spacial score (nSPS) is 25.1. The summed E-state index contributed by atoms with van der Waals surface area (Å²) in [5.41, 5.74) is 0.665. The molecule has 0 spiro atoms. The number of rotatable bonds is 2. The van der Waals surface area contributed by atoms with Crippen LogP contribution in [0.5, 0.6) is 0 Å². The van der Waals surface area contributed by atoms with E-state index in [2.05, 4.69) is 27.8 Å². The molecule has 5 heteroatoms. The summed E-state index contributed by atoms with van der Waals surface area (Å²) in [6, 6.07) is 0.261. The number of alkyl halides is 1. The average Bonchev–Trinajstić information content (AvgIpc) is 2.83. The Morgan fingerprint density at radius 1 is 1.75 bits per heavy atom. The van der Waals surface area contributed by atoms with E-state index in [0.717, 1.165) is 18.3 Å². The van der Waals surface area contributed by atoms with Crippen molar-refractivity contribution in [2.45, 2.75) is 26.3 Å². The fraction of sp³-hybridized carbons (Fsp3) is 0.636. The second kappa shape index (κ2) is 4.57. The van der Waals surface area contributed by atoms with Gasteiger partial charge in [0.25, 0.3) is 5.91 Å². The van der Waals surface area contributed by atoms with Gasteiger partial charge >= 0.3 is 0 Å². The van der Waals surface area contributed by atoms with Crippen LogP contribution in [0.3, 0.4) is 0 Å². The van der Waals surface area contributed by atoms with Crippen LogP contribution in [0.1, 0.15) is 29.6 Å². The summed E-state index contributed by atoms with van der Waals surface area (Å²) in [6.45, 7) is 4.77. The molecule has 2 rings (SSSR count). The average molecular weight is 287 g/mol. The Labute approximate surface area is 103 Å². The lowest BCUT2D eigenvalue weighted by atomic mass is 10.1. The van der Waals surface area contributed by atoms with Gasteiger partial charge in [0, 0.05) is 17.9 Å². The summed E-state index contributed by atoms with van der Waals surface area (Å²) in [7, 11) is 0. The monoisotopic (exact) mass is 286 g/mol. The number of likely N-dealkylation sites (tertiary alicyclic amines) is 1. The van der Waals surface area contributed by atoms with Crippen LogP contribution < -0.4 is 0 Å². The quantitative estimate of drug-likeness (QED) is 0.784. The van der Waals surface area contributed by atoms with Crippen molar-refractivity contribution < 1.29 is 9.21 Å². The molecule has 1 aromatic rings. The predicted molar refractivity (Wildman–Crippen MR) is 63.6 cm³/mol. The highest BCUT2D eigenvalue weighted by molar-refractivity contribution is 9.09. The number of aromatic nitrogens is 1. The molecule has 1 aliphatic rings. The molecule has 0 radical (unpaired) electrons. The van der Waals surface area contributed by atoms with E-state index in [1.165, 1.54) is 6.39 Å². The van der Waals surface area contributed by atoms with Crippen LogP contribution in [0, 0.1) is 12.8 Å². The van der Waals surface area contributed by atoms with Gasteiger partial charge in [-0.05, 0) is 19.3 Å². The number of oxazole rings is 1. The molecule has 0 aromatic carbocycles. The molecule has 1 aliphatic heterocycles. The molecule has 16 heavy (non-hydrogen) atoms. The molecule has 1 aromatic heterocycles. The second-order valence-corrected chi connectivity index (χ2v) is 4.90. The van der Waals surface area contributed by atoms with Crippen molar-refractivity contribution in [1.82, 2.24) is 9.88 Å². The lowest BCUT2D eigenvalue weighted by molar-refractivity contribution is 0.0705. The zero-order valence-corrected chi connectivity index (χ0v) is 11.0. The standard InChI is InChI=1S/C11H15BrN2O2/c1-7-3-4-14(9(7)5-12)11(15)10-8(2)13-6-16-10/h6-7,9H,3-5H2,1-2H3. The number of hydrogen-bond acceptors (Lipinski definition) is 3. The minimum Gasteiger partial charge on any atom is -0.438 e. The second-order valence-electron chi connectivity index (χ2n) is 4.25. The Morgan fingerprint density at radius 2 is 2.50 bits per heavy atom. The molecule has 0 bridgehead atoms. The van der Waals surface area contributed by atoms with Crippen LogP contribution in [-0.4, -0.2) is 33.7 Å². The number of hydrogen-bond donors (Lipinski definition) is 0. The SMILES string of the molecule is Cc1ncoc1C(=O)N1CCC(C)C1CBr. The lowest BCUT2D eigenvalue weighted by Gasteiger charge is -2.24. The van der Waals surface area contributed by atoms with Crippen molar-refractivity contribution in [3.05, 3.63) is 17.8 Å². The third-order valence-electron chi connectivity index (χ3n) is 3.24. The molecule has 2 atom stereocenters. The van der Waals surface area contributed by atoms with Crippen LogP contribution in [0.15, 0.2) is 10.8 Å². The van der Waals surface area contributed by atoms with Crippen LogP contribution in [-0.2, 0) is 0 Å². The molecule has 88 valence electrons. The van der Waals surface area contributed by atoms with Gasteiger partial charge in [0.05, 0.1) is 5.69 Å². The van der Waals surface area contributed by atoms with E-state index in [1.807, 2.05) is 4.90 Å². The first-order valence-corrected chi connectivity index (χ1v) is 6.54. The third-order valence-corrected chi connectivity index (χ3v) is 3.90. The highest BCUT2D eigenvalue weighted by Crippen LogP contribution is 2.27. The number of halogens is 1. The van der Waals surface area contributed by atoms with Gasteiger partial charge in [-0.1, -0.05) is 22.9 Å². The Kier molecular flexibility index (Phi) is 3.33. The zero-order chi connectivity index (χ0) is 11.7. The first kappa shape index (κ1) is 11.6. The van der Waals surface area contributed by atoms with E-state index in [-0.39, 0.29) is 11.9 Å². The lowest BCUT2D eigenvalue weighted by Crippen LogP contribution is -2.38. The number of aryl methyl sites for hydroxylation is 1. The van der Waals surface area contributed by atoms with Gasteiger partial charge in [-0.15, -0.1) is 0 Å². The Bertz CT molecular complexity index is 391. The van der Waals surface area contributed by atoms with Crippen LogP contribution in [0.25, 0.3) is 0 Å². The fourth-order valence-corrected chi connectivity index (χ4v) is 3.12. The molecule has 2 heterocycles. The molecule has 0 saturated carbocycles. The highest BCUT2D eigenvalue weighted by Gasteiger charge is 2.35. The van der Waals surface area contributed by atoms with Gasteiger partial charge in [-0.3, -0.25) is 4.79 Å². The summed E-state index contributed by atoms with van der Waals surface area (Å²) >= 11 is 3.47. The van der Waals surface area contributed by atoms with E-state index < -0.39 is 0 Å². The van der Waals surface area contributed by atoms with Crippen molar-refractivity contribution in [3.63, 3.8) is 0 Å². The Morgan fingerprint density at radius 3 is 3.06 bits per heavy atom. The number of carbonyl (C=O) groups is 1. The maximum Gasteiger partial charge on any atom is 0.291 e. The van der Waals surface area contributed by atoms with Gasteiger partial charge in [-0.2, -0.15) is 0 Å². The van der Waals surface area contributed by atoms with E-state index in [1.54, 1.807) is 6.92 Å². The van der Waals surface area contributed by atoms with E-state index in [4.69, 9.17) is 4.42 Å². The largest absolute Gasteiger partial charge is 0.438 e. The topological polar surface area (TPSA) is 46.3 Å². The van der Waals surface area contributed by atoms with Gasteiger partial charge in [0.15, 0.2) is 6.39 Å². The number of amides is 1. The van der Waals surface area contributed by atoms with Crippen LogP contribution in [0.2, 0.25) is 0 Å². The van der Waals surface area contributed by atoms with Gasteiger partial charge in [0.1, 0.15) is 0 Å². The number of carbonyl (C=O) groups excluding carboxylic acids is 1. The van der Waals surface area contributed by atoms with E-state index in [0.29, 0.717) is 17.4 Å². The summed E-state index contributed by atoms with van der Waals surface area (Å²) in [5.74, 6) is 0.871. The van der Waals surface area contributed by atoms with Crippen molar-refractivity contribution >= 4 is 21.8 Å². The predicted octanol–water partition coefficient (Wildman–Crippen LogP) is 2.23. The first-order chi connectivity index (χ1) is 7.65. The van der Waals surface area contributed by atoms with E-state index >= 15 is 0 Å². The molecule has 1 amide bonds. The summed E-state index contributed by atoms with van der Waals surface area (Å²) in [6.07, 6.45) is 2.38. The molecule has 1 saturated heterocycles. The summed E-state index contributed by atoms with van der Waals surface area (Å²) in [5, 5.41) is 0.813. The Hall–Kier alpha value is -0.840.